The summed E-state index contributed by atoms with van der Waals surface area (Å²) in [7, 11) is 1.18. The highest BCUT2D eigenvalue weighted by molar-refractivity contribution is 5.79. The zero-order valence-electron chi connectivity index (χ0n) is 22.9. The second-order valence-electron chi connectivity index (χ2n) is 9.23. The Balaban J connectivity index is 3.02. The smallest absolute Gasteiger partial charge is 0.458 e. The second-order valence-corrected chi connectivity index (χ2v) is 9.23. The van der Waals surface area contributed by atoms with Gasteiger partial charge in [0.1, 0.15) is 18.2 Å². The molecule has 0 fully saturated rings. The van der Waals surface area contributed by atoms with Crippen molar-refractivity contribution in [3.05, 3.63) is 23.8 Å². The van der Waals surface area contributed by atoms with Crippen molar-refractivity contribution < 1.29 is 42.9 Å². The number of methoxy groups -OCH3 is 1. The number of ether oxygens (including phenoxy) is 5. The third kappa shape index (κ3) is 10.8. The third-order valence-corrected chi connectivity index (χ3v) is 5.85. The van der Waals surface area contributed by atoms with E-state index in [0.717, 1.165) is 12.8 Å². The molecule has 0 aliphatic carbocycles. The van der Waals surface area contributed by atoms with Gasteiger partial charge in [0.15, 0.2) is 11.5 Å². The predicted octanol–water partition coefficient (Wildman–Crippen LogP) is 4.34. The summed E-state index contributed by atoms with van der Waals surface area (Å²) in [6.45, 7) is 10.6. The molecule has 10 nitrogen and oxygen atoms in total. The first kappa shape index (κ1) is 31.9. The zero-order chi connectivity index (χ0) is 28.1. The highest BCUT2D eigenvalue weighted by atomic mass is 16.7. The largest absolute Gasteiger partial charge is 0.508 e. The van der Waals surface area contributed by atoms with Gasteiger partial charge in [-0.3, -0.25) is 14.4 Å². The molecular weight excluding hydrogens is 482 g/mol. The Kier molecular flexibility index (Phi) is 13.7. The molecule has 0 saturated heterocycles. The van der Waals surface area contributed by atoms with E-state index in [9.17, 15) is 19.2 Å². The van der Waals surface area contributed by atoms with Gasteiger partial charge in [-0.2, -0.15) is 0 Å². The van der Waals surface area contributed by atoms with E-state index in [0.29, 0.717) is 18.4 Å². The average Bonchev–Trinajstić information content (AvgIpc) is 2.85. The van der Waals surface area contributed by atoms with Crippen LogP contribution >= 0.6 is 0 Å². The van der Waals surface area contributed by atoms with Crippen LogP contribution in [0.5, 0.6) is 11.5 Å². The molecule has 2 N–H and O–H groups in total. The van der Waals surface area contributed by atoms with Crippen molar-refractivity contribution in [1.29, 1.82) is 0 Å². The minimum absolute atomic E-state index is 0.0628. The van der Waals surface area contributed by atoms with Crippen LogP contribution in [0.4, 0.5) is 4.79 Å². The number of esters is 3. The number of hydrogen-bond acceptors (Lipinski definition) is 10. The lowest BCUT2D eigenvalue weighted by molar-refractivity contribution is -0.155. The number of nitrogens with two attached hydrogens (primary N) is 1. The van der Waals surface area contributed by atoms with E-state index in [-0.39, 0.29) is 29.8 Å². The van der Waals surface area contributed by atoms with Gasteiger partial charge in [0.05, 0.1) is 18.9 Å². The summed E-state index contributed by atoms with van der Waals surface area (Å²) < 4.78 is 25.8. The first-order valence-electron chi connectivity index (χ1n) is 12.7. The van der Waals surface area contributed by atoms with Crippen molar-refractivity contribution in [3.63, 3.8) is 0 Å². The highest BCUT2D eigenvalue weighted by Crippen LogP contribution is 2.31. The van der Waals surface area contributed by atoms with Gasteiger partial charge >= 0.3 is 24.1 Å². The Bertz CT molecular complexity index is 917. The zero-order valence-corrected chi connectivity index (χ0v) is 22.9. The molecule has 1 aromatic carbocycles. The van der Waals surface area contributed by atoms with Gasteiger partial charge < -0.3 is 29.4 Å². The molecule has 1 aromatic rings. The van der Waals surface area contributed by atoms with Crippen LogP contribution in [-0.2, 0) is 35.0 Å². The Labute approximate surface area is 219 Å². The van der Waals surface area contributed by atoms with Crippen molar-refractivity contribution in [2.45, 2.75) is 91.9 Å². The summed E-state index contributed by atoms with van der Waals surface area (Å²) in [5, 5.41) is 0. The lowest BCUT2D eigenvalue weighted by atomic mass is 10.0. The lowest BCUT2D eigenvalue weighted by Gasteiger charge is -2.22. The van der Waals surface area contributed by atoms with Crippen LogP contribution in [0.3, 0.4) is 0 Å². The molecule has 208 valence electrons. The van der Waals surface area contributed by atoms with Crippen LogP contribution in [0.2, 0.25) is 0 Å². The summed E-state index contributed by atoms with van der Waals surface area (Å²) in [6, 6.07) is 3.64. The van der Waals surface area contributed by atoms with E-state index >= 15 is 0 Å². The van der Waals surface area contributed by atoms with Gasteiger partial charge in [-0.1, -0.05) is 46.6 Å². The maximum Gasteiger partial charge on any atom is 0.508 e. The highest BCUT2D eigenvalue weighted by Gasteiger charge is 2.26. The predicted molar refractivity (Wildman–Crippen MR) is 136 cm³/mol. The van der Waals surface area contributed by atoms with Gasteiger partial charge in [-0.05, 0) is 50.8 Å². The first-order valence-corrected chi connectivity index (χ1v) is 12.7. The van der Waals surface area contributed by atoms with Crippen LogP contribution in [0.1, 0.15) is 72.8 Å². The van der Waals surface area contributed by atoms with Crippen LogP contribution in [-0.4, -0.2) is 49.4 Å². The van der Waals surface area contributed by atoms with Gasteiger partial charge in [-0.15, -0.1) is 0 Å². The molecule has 37 heavy (non-hydrogen) atoms. The maximum atomic E-state index is 12.6. The standard InChI is InChI=1S/C27H41NO9/c1-8-10-16(3)24(29)36-22-13-12-20(15-23(22)37-25(30)17(4)11-9-2)14-21(28)26(31)34-18(5)19(6)35-27(32)33-7/h12-13,15-19,21H,8-11,14,28H2,1-7H3/t16?,17?,18-,19?,21-/m0/s1. The number of carbonyl (C=O) groups is 4. The SMILES string of the molecule is CCCC(C)C(=O)Oc1ccc(C[C@H](N)C(=O)O[C@@H](C)C(C)OC(=O)OC)cc1OC(=O)C(C)CCC. The molecule has 0 radical (unpaired) electrons. The second kappa shape index (κ2) is 15.9. The molecule has 1 rings (SSSR count). The normalized spacial score (nSPS) is 14.9. The summed E-state index contributed by atoms with van der Waals surface area (Å²) >= 11 is 0. The summed E-state index contributed by atoms with van der Waals surface area (Å²) in [4.78, 5) is 48.9. The van der Waals surface area contributed by atoms with E-state index in [4.69, 9.17) is 24.7 Å². The molecule has 0 aliphatic rings. The monoisotopic (exact) mass is 523 g/mol. The van der Waals surface area contributed by atoms with E-state index < -0.39 is 42.3 Å². The fourth-order valence-corrected chi connectivity index (χ4v) is 3.36. The maximum absolute atomic E-state index is 12.6. The van der Waals surface area contributed by atoms with Crippen molar-refractivity contribution in [3.8, 4) is 11.5 Å². The Morgan fingerprint density at radius 2 is 1.30 bits per heavy atom. The molecule has 5 atom stereocenters. The minimum Gasteiger partial charge on any atom is -0.458 e. The fraction of sp³-hybridized carbons (Fsp3) is 0.630. The number of benzene rings is 1. The Morgan fingerprint density at radius 3 is 1.81 bits per heavy atom. The van der Waals surface area contributed by atoms with Crippen molar-refractivity contribution in [2.24, 2.45) is 17.6 Å². The molecule has 10 heteroatoms. The summed E-state index contributed by atoms with van der Waals surface area (Å²) in [5.41, 5.74) is 6.63. The summed E-state index contributed by atoms with van der Waals surface area (Å²) in [6.07, 6.45) is 0.612. The van der Waals surface area contributed by atoms with Crippen LogP contribution < -0.4 is 15.2 Å². The first-order chi connectivity index (χ1) is 17.4. The molecule has 0 aliphatic heterocycles. The quantitative estimate of drug-likeness (QED) is 0.276. The number of carbonyl (C=O) groups excluding carboxylic acids is 4. The molecular formula is C27H41NO9. The average molecular weight is 524 g/mol. The molecule has 0 heterocycles. The number of rotatable bonds is 14. The molecule has 0 bridgehead atoms. The van der Waals surface area contributed by atoms with Gasteiger partial charge in [-0.25, -0.2) is 4.79 Å². The Hall–Kier alpha value is -3.14. The van der Waals surface area contributed by atoms with Crippen molar-refractivity contribution >= 4 is 24.1 Å². The lowest BCUT2D eigenvalue weighted by Crippen LogP contribution is -2.39. The molecule has 0 aromatic heterocycles. The van der Waals surface area contributed by atoms with Crippen molar-refractivity contribution in [1.82, 2.24) is 0 Å². The van der Waals surface area contributed by atoms with E-state index in [2.05, 4.69) is 4.74 Å². The summed E-state index contributed by atoms with van der Waals surface area (Å²) in [5.74, 6) is -2.04. The molecule has 0 saturated carbocycles. The van der Waals surface area contributed by atoms with Crippen LogP contribution in [0.15, 0.2) is 18.2 Å². The van der Waals surface area contributed by atoms with E-state index in [1.54, 1.807) is 33.8 Å². The van der Waals surface area contributed by atoms with E-state index in [1.807, 2.05) is 13.8 Å². The van der Waals surface area contributed by atoms with Crippen molar-refractivity contribution in [2.75, 3.05) is 7.11 Å². The molecule has 3 unspecified atom stereocenters. The molecule has 0 spiro atoms. The Morgan fingerprint density at radius 1 is 0.784 bits per heavy atom. The van der Waals surface area contributed by atoms with Gasteiger partial charge in [0, 0.05) is 0 Å². The van der Waals surface area contributed by atoms with Gasteiger partial charge in [0.25, 0.3) is 0 Å². The van der Waals surface area contributed by atoms with E-state index in [1.165, 1.54) is 19.2 Å². The fourth-order valence-electron chi connectivity index (χ4n) is 3.36. The number of hydrogen-bond donors (Lipinski definition) is 1. The topological polar surface area (TPSA) is 140 Å². The third-order valence-electron chi connectivity index (χ3n) is 5.85. The van der Waals surface area contributed by atoms with Crippen LogP contribution in [0, 0.1) is 11.8 Å². The van der Waals surface area contributed by atoms with Gasteiger partial charge in [0.2, 0.25) is 0 Å². The molecule has 0 amide bonds. The van der Waals surface area contributed by atoms with Crippen LogP contribution in [0.25, 0.3) is 0 Å². The minimum atomic E-state index is -1.05.